The van der Waals surface area contributed by atoms with Crippen molar-refractivity contribution in [1.82, 2.24) is 0 Å². The van der Waals surface area contributed by atoms with E-state index in [1.165, 1.54) is 44.9 Å². The van der Waals surface area contributed by atoms with Crippen LogP contribution in [0.4, 0.5) is 0 Å². The van der Waals surface area contributed by atoms with Crippen LogP contribution in [0.25, 0.3) is 0 Å². The monoisotopic (exact) mass is 200 g/mol. The topological polar surface area (TPSA) is 0 Å². The lowest BCUT2D eigenvalue weighted by molar-refractivity contribution is 0.247. The van der Waals surface area contributed by atoms with Gasteiger partial charge in [0.25, 0.3) is 0 Å². The molecule has 1 unspecified atom stereocenters. The molecule has 2 aliphatic rings. The van der Waals surface area contributed by atoms with Crippen molar-refractivity contribution in [2.75, 3.05) is 0 Å². The van der Waals surface area contributed by atoms with Gasteiger partial charge in [0.2, 0.25) is 0 Å². The molecule has 1 saturated carbocycles. The zero-order chi connectivity index (χ0) is 10.1. The van der Waals surface area contributed by atoms with E-state index in [0.29, 0.717) is 0 Å². The first kappa shape index (κ1) is 9.45. The van der Waals surface area contributed by atoms with Crippen molar-refractivity contribution in [3.63, 3.8) is 0 Å². The number of benzene rings is 1. The highest BCUT2D eigenvalue weighted by Gasteiger charge is 2.24. The van der Waals surface area contributed by atoms with Gasteiger partial charge in [0.15, 0.2) is 0 Å². The van der Waals surface area contributed by atoms with Crippen LogP contribution in [0.15, 0.2) is 24.3 Å². The highest BCUT2D eigenvalue weighted by Crippen LogP contribution is 2.36. The quantitative estimate of drug-likeness (QED) is 0.594. The van der Waals surface area contributed by atoms with Gasteiger partial charge in [-0.2, -0.15) is 0 Å². The second-order valence-corrected chi connectivity index (χ2v) is 5.41. The summed E-state index contributed by atoms with van der Waals surface area (Å²) in [6, 6.07) is 9.11. The fraction of sp³-hybridized carbons (Fsp3) is 0.600. The Kier molecular flexibility index (Phi) is 2.52. The van der Waals surface area contributed by atoms with Crippen LogP contribution < -0.4 is 0 Å². The third kappa shape index (κ3) is 1.95. The van der Waals surface area contributed by atoms with Crippen LogP contribution in [0.1, 0.15) is 43.2 Å². The van der Waals surface area contributed by atoms with Crippen molar-refractivity contribution in [3.05, 3.63) is 35.4 Å². The first-order valence-electron chi connectivity index (χ1n) is 6.48. The minimum atomic E-state index is 0.991. The predicted octanol–water partition coefficient (Wildman–Crippen LogP) is 3.98. The Morgan fingerprint density at radius 2 is 1.67 bits per heavy atom. The molecule has 0 amide bonds. The van der Waals surface area contributed by atoms with Gasteiger partial charge in [-0.1, -0.05) is 43.5 Å². The second-order valence-electron chi connectivity index (χ2n) is 5.41. The van der Waals surface area contributed by atoms with E-state index in [0.717, 1.165) is 11.8 Å². The molecule has 0 radical (unpaired) electrons. The molecule has 2 atom stereocenters. The largest absolute Gasteiger partial charge is 0.0620 e. The molecule has 0 N–H and O–H groups in total. The van der Waals surface area contributed by atoms with Gasteiger partial charge in [0, 0.05) is 0 Å². The third-order valence-electron chi connectivity index (χ3n) is 4.34. The summed E-state index contributed by atoms with van der Waals surface area (Å²) in [5.41, 5.74) is 3.27. The molecule has 0 aromatic heterocycles. The van der Waals surface area contributed by atoms with Gasteiger partial charge in [0.05, 0.1) is 0 Å². The number of aryl methyl sites for hydroxylation is 1. The lowest BCUT2D eigenvalue weighted by Crippen LogP contribution is -2.21. The SMILES string of the molecule is c1ccc2c(c1)CC[C@@H]1CCCC(C2)C1. The molecular weight excluding hydrogens is 180 g/mol. The van der Waals surface area contributed by atoms with E-state index in [4.69, 9.17) is 0 Å². The van der Waals surface area contributed by atoms with Crippen LogP contribution in [-0.4, -0.2) is 0 Å². The maximum Gasteiger partial charge on any atom is -0.0248 e. The summed E-state index contributed by atoms with van der Waals surface area (Å²) in [5.74, 6) is 2.03. The molecule has 0 saturated heterocycles. The molecule has 80 valence electrons. The van der Waals surface area contributed by atoms with Crippen LogP contribution in [0.5, 0.6) is 0 Å². The number of hydrogen-bond donors (Lipinski definition) is 0. The van der Waals surface area contributed by atoms with Gasteiger partial charge < -0.3 is 0 Å². The van der Waals surface area contributed by atoms with Gasteiger partial charge in [-0.05, 0) is 48.6 Å². The lowest BCUT2D eigenvalue weighted by Gasteiger charge is -2.32. The Balaban J connectivity index is 1.90. The Bertz CT molecular complexity index is 340. The van der Waals surface area contributed by atoms with Gasteiger partial charge in [-0.15, -0.1) is 0 Å². The van der Waals surface area contributed by atoms with Crippen molar-refractivity contribution in [2.45, 2.75) is 44.9 Å². The smallest absolute Gasteiger partial charge is 0.0248 e. The van der Waals surface area contributed by atoms with E-state index in [2.05, 4.69) is 24.3 Å². The van der Waals surface area contributed by atoms with E-state index < -0.39 is 0 Å². The summed E-state index contributed by atoms with van der Waals surface area (Å²) in [4.78, 5) is 0. The summed E-state index contributed by atoms with van der Waals surface area (Å²) >= 11 is 0. The molecule has 0 heteroatoms. The summed E-state index contributed by atoms with van der Waals surface area (Å²) in [6.45, 7) is 0. The second kappa shape index (κ2) is 4.00. The van der Waals surface area contributed by atoms with Crippen molar-refractivity contribution in [1.29, 1.82) is 0 Å². The van der Waals surface area contributed by atoms with Crippen molar-refractivity contribution in [3.8, 4) is 0 Å². The van der Waals surface area contributed by atoms with Gasteiger partial charge in [-0.3, -0.25) is 0 Å². The normalized spacial score (nSPS) is 30.1. The van der Waals surface area contributed by atoms with Crippen LogP contribution in [-0.2, 0) is 12.8 Å². The van der Waals surface area contributed by atoms with Gasteiger partial charge in [-0.25, -0.2) is 0 Å². The fourth-order valence-electron chi connectivity index (χ4n) is 3.52. The van der Waals surface area contributed by atoms with E-state index in [9.17, 15) is 0 Å². The van der Waals surface area contributed by atoms with Crippen LogP contribution >= 0.6 is 0 Å². The predicted molar refractivity (Wildman–Crippen MR) is 63.9 cm³/mol. The average Bonchev–Trinajstić information content (AvgIpc) is 2.27. The Hall–Kier alpha value is -0.780. The summed E-state index contributed by atoms with van der Waals surface area (Å²) in [6.07, 6.45) is 10.1. The van der Waals surface area contributed by atoms with E-state index in [1.807, 2.05) is 0 Å². The van der Waals surface area contributed by atoms with E-state index in [1.54, 1.807) is 11.1 Å². The van der Waals surface area contributed by atoms with Crippen molar-refractivity contribution in [2.24, 2.45) is 11.8 Å². The standard InChI is InChI=1S/C15H20/c1-2-7-15-11-13-5-3-4-12(10-13)8-9-14(15)6-1/h1-2,6-7,12-13H,3-5,8-11H2/t12-,13?/m0/s1. The number of rotatable bonds is 0. The van der Waals surface area contributed by atoms with Crippen molar-refractivity contribution >= 4 is 0 Å². The lowest BCUT2D eigenvalue weighted by atomic mass is 9.74. The van der Waals surface area contributed by atoms with E-state index in [-0.39, 0.29) is 0 Å². The average molecular weight is 200 g/mol. The highest BCUT2D eigenvalue weighted by molar-refractivity contribution is 5.28. The van der Waals surface area contributed by atoms with Gasteiger partial charge in [0.1, 0.15) is 0 Å². The summed E-state index contributed by atoms with van der Waals surface area (Å²) in [5, 5.41) is 0. The number of hydrogen-bond acceptors (Lipinski definition) is 0. The Morgan fingerprint density at radius 3 is 2.60 bits per heavy atom. The summed E-state index contributed by atoms with van der Waals surface area (Å²) < 4.78 is 0. The zero-order valence-corrected chi connectivity index (χ0v) is 9.41. The molecule has 0 heterocycles. The molecule has 0 aliphatic heterocycles. The minimum absolute atomic E-state index is 0.991. The number of fused-ring (bicyclic) bond motifs is 3. The maximum atomic E-state index is 2.35. The molecule has 2 bridgehead atoms. The van der Waals surface area contributed by atoms with E-state index >= 15 is 0 Å². The first-order valence-corrected chi connectivity index (χ1v) is 6.48. The molecule has 1 aromatic carbocycles. The molecule has 3 rings (SSSR count). The van der Waals surface area contributed by atoms with Gasteiger partial charge >= 0.3 is 0 Å². The van der Waals surface area contributed by atoms with Crippen LogP contribution in [0.2, 0.25) is 0 Å². The molecule has 0 spiro atoms. The molecule has 0 nitrogen and oxygen atoms in total. The first-order chi connectivity index (χ1) is 7.42. The Labute approximate surface area is 92.7 Å². The highest BCUT2D eigenvalue weighted by atomic mass is 14.3. The molecule has 1 fully saturated rings. The molecular formula is C15H20. The van der Waals surface area contributed by atoms with Crippen LogP contribution in [0, 0.1) is 11.8 Å². The molecule has 1 aromatic rings. The Morgan fingerprint density at radius 1 is 0.867 bits per heavy atom. The zero-order valence-electron chi connectivity index (χ0n) is 9.41. The fourth-order valence-corrected chi connectivity index (χ4v) is 3.52. The summed E-state index contributed by atoms with van der Waals surface area (Å²) in [7, 11) is 0. The minimum Gasteiger partial charge on any atom is -0.0620 e. The van der Waals surface area contributed by atoms with Crippen molar-refractivity contribution < 1.29 is 0 Å². The third-order valence-corrected chi connectivity index (χ3v) is 4.34. The molecule has 15 heavy (non-hydrogen) atoms. The van der Waals surface area contributed by atoms with Crippen LogP contribution in [0.3, 0.4) is 0 Å². The maximum absolute atomic E-state index is 2.35. The molecule has 2 aliphatic carbocycles.